The SMILES string of the molecule is COc1ccc(-c2noc(CN3Cc4ccccc4[C@H](c4ccccc4)C3)n2)cc1OC. The first-order chi connectivity index (χ1) is 15.7. The summed E-state index contributed by atoms with van der Waals surface area (Å²) in [6.07, 6.45) is 0. The Morgan fingerprint density at radius 3 is 2.53 bits per heavy atom. The molecule has 0 aliphatic carbocycles. The zero-order chi connectivity index (χ0) is 21.9. The summed E-state index contributed by atoms with van der Waals surface area (Å²) in [4.78, 5) is 7.01. The van der Waals surface area contributed by atoms with Crippen LogP contribution in [-0.4, -0.2) is 35.8 Å². The van der Waals surface area contributed by atoms with Crippen molar-refractivity contribution in [3.8, 4) is 22.9 Å². The van der Waals surface area contributed by atoms with Gasteiger partial charge < -0.3 is 14.0 Å². The molecule has 162 valence electrons. The van der Waals surface area contributed by atoms with E-state index in [-0.39, 0.29) is 0 Å². The number of fused-ring (bicyclic) bond motifs is 1. The van der Waals surface area contributed by atoms with Gasteiger partial charge in [-0.05, 0) is 34.9 Å². The van der Waals surface area contributed by atoms with Gasteiger partial charge in [0.1, 0.15) is 0 Å². The number of rotatable bonds is 6. The number of benzene rings is 3. The average molecular weight is 428 g/mol. The summed E-state index contributed by atoms with van der Waals surface area (Å²) in [7, 11) is 3.23. The number of nitrogens with zero attached hydrogens (tertiary/aromatic N) is 3. The van der Waals surface area contributed by atoms with Crippen LogP contribution in [0.25, 0.3) is 11.4 Å². The minimum Gasteiger partial charge on any atom is -0.493 e. The number of ether oxygens (including phenoxy) is 2. The second kappa shape index (κ2) is 8.85. The molecule has 0 saturated carbocycles. The number of aromatic nitrogens is 2. The molecule has 0 fully saturated rings. The third-order valence-electron chi connectivity index (χ3n) is 5.94. The Labute approximate surface area is 187 Å². The molecule has 0 N–H and O–H groups in total. The molecule has 1 atom stereocenters. The molecule has 6 nitrogen and oxygen atoms in total. The second-order valence-electron chi connectivity index (χ2n) is 7.91. The molecule has 4 aromatic rings. The summed E-state index contributed by atoms with van der Waals surface area (Å²) in [5, 5.41) is 4.20. The van der Waals surface area contributed by atoms with Crippen LogP contribution < -0.4 is 9.47 Å². The minimum atomic E-state index is 0.314. The standard InChI is InChI=1S/C26H25N3O3/c1-30-23-13-12-19(14-24(23)31-2)26-27-25(32-28-26)17-29-15-20-10-6-7-11-21(20)22(16-29)18-8-4-3-5-9-18/h3-14,22H,15-17H2,1-2H3/t22-/m0/s1. The highest BCUT2D eigenvalue weighted by molar-refractivity contribution is 5.60. The van der Waals surface area contributed by atoms with E-state index in [1.54, 1.807) is 14.2 Å². The summed E-state index contributed by atoms with van der Waals surface area (Å²) in [5.74, 6) is 2.75. The molecule has 1 aliphatic heterocycles. The first-order valence-electron chi connectivity index (χ1n) is 10.6. The van der Waals surface area contributed by atoms with Gasteiger partial charge in [-0.25, -0.2) is 0 Å². The van der Waals surface area contributed by atoms with E-state index in [0.29, 0.717) is 35.7 Å². The Morgan fingerprint density at radius 1 is 0.938 bits per heavy atom. The van der Waals surface area contributed by atoms with Crippen LogP contribution in [0.4, 0.5) is 0 Å². The highest BCUT2D eigenvalue weighted by atomic mass is 16.5. The predicted octanol–water partition coefficient (Wildman–Crippen LogP) is 4.90. The van der Waals surface area contributed by atoms with Crippen LogP contribution in [0.1, 0.15) is 28.5 Å². The monoisotopic (exact) mass is 427 g/mol. The largest absolute Gasteiger partial charge is 0.493 e. The van der Waals surface area contributed by atoms with Gasteiger partial charge in [0, 0.05) is 24.6 Å². The van der Waals surface area contributed by atoms with E-state index in [9.17, 15) is 0 Å². The fourth-order valence-corrected chi connectivity index (χ4v) is 4.37. The average Bonchev–Trinajstić information content (AvgIpc) is 3.32. The maximum atomic E-state index is 5.61. The van der Waals surface area contributed by atoms with E-state index in [2.05, 4.69) is 69.6 Å². The van der Waals surface area contributed by atoms with Crippen molar-refractivity contribution in [2.45, 2.75) is 19.0 Å². The van der Waals surface area contributed by atoms with E-state index in [1.165, 1.54) is 16.7 Å². The Balaban J connectivity index is 1.38. The van der Waals surface area contributed by atoms with Crippen LogP contribution in [0.3, 0.4) is 0 Å². The van der Waals surface area contributed by atoms with Crippen LogP contribution in [0, 0.1) is 0 Å². The van der Waals surface area contributed by atoms with Crippen LogP contribution in [-0.2, 0) is 13.1 Å². The van der Waals surface area contributed by atoms with Gasteiger partial charge in [-0.15, -0.1) is 0 Å². The summed E-state index contributed by atoms with van der Waals surface area (Å²) >= 11 is 0. The highest BCUT2D eigenvalue weighted by Crippen LogP contribution is 2.34. The van der Waals surface area contributed by atoms with Crippen molar-refractivity contribution in [1.29, 1.82) is 0 Å². The second-order valence-corrected chi connectivity index (χ2v) is 7.91. The molecular weight excluding hydrogens is 402 g/mol. The number of hydrogen-bond donors (Lipinski definition) is 0. The molecule has 0 amide bonds. The Kier molecular flexibility index (Phi) is 5.60. The molecule has 0 radical (unpaired) electrons. The van der Waals surface area contributed by atoms with Crippen molar-refractivity contribution in [3.05, 3.63) is 95.4 Å². The Bertz CT molecular complexity index is 1210. The fraction of sp³-hybridized carbons (Fsp3) is 0.231. The normalized spacial score (nSPS) is 15.9. The van der Waals surface area contributed by atoms with Crippen molar-refractivity contribution < 1.29 is 14.0 Å². The van der Waals surface area contributed by atoms with Crippen LogP contribution in [0.5, 0.6) is 11.5 Å². The molecule has 0 bridgehead atoms. The molecule has 0 saturated heterocycles. The van der Waals surface area contributed by atoms with Crippen molar-refractivity contribution in [1.82, 2.24) is 15.0 Å². The van der Waals surface area contributed by atoms with Gasteiger partial charge in [0.05, 0.1) is 20.8 Å². The van der Waals surface area contributed by atoms with Gasteiger partial charge in [0.2, 0.25) is 11.7 Å². The zero-order valence-corrected chi connectivity index (χ0v) is 18.2. The first kappa shape index (κ1) is 20.3. The maximum absolute atomic E-state index is 5.61. The van der Waals surface area contributed by atoms with E-state index in [0.717, 1.165) is 18.7 Å². The molecule has 1 aromatic heterocycles. The van der Waals surface area contributed by atoms with Crippen LogP contribution >= 0.6 is 0 Å². The van der Waals surface area contributed by atoms with E-state index in [1.807, 2.05) is 18.2 Å². The molecule has 6 heteroatoms. The summed E-state index contributed by atoms with van der Waals surface area (Å²) < 4.78 is 16.3. The van der Waals surface area contributed by atoms with E-state index >= 15 is 0 Å². The van der Waals surface area contributed by atoms with Crippen molar-refractivity contribution in [2.75, 3.05) is 20.8 Å². The molecule has 32 heavy (non-hydrogen) atoms. The summed E-state index contributed by atoms with van der Waals surface area (Å²) in [5.41, 5.74) is 4.88. The smallest absolute Gasteiger partial charge is 0.241 e. The van der Waals surface area contributed by atoms with E-state index in [4.69, 9.17) is 14.0 Å². The molecule has 0 spiro atoms. The quantitative estimate of drug-likeness (QED) is 0.436. The van der Waals surface area contributed by atoms with Crippen LogP contribution in [0.15, 0.2) is 77.3 Å². The van der Waals surface area contributed by atoms with Gasteiger partial charge in [-0.1, -0.05) is 59.8 Å². The lowest BCUT2D eigenvalue weighted by Gasteiger charge is -2.34. The maximum Gasteiger partial charge on any atom is 0.241 e. The number of methoxy groups -OCH3 is 2. The van der Waals surface area contributed by atoms with Gasteiger partial charge in [0.15, 0.2) is 11.5 Å². The zero-order valence-electron chi connectivity index (χ0n) is 18.2. The third-order valence-corrected chi connectivity index (χ3v) is 5.94. The highest BCUT2D eigenvalue weighted by Gasteiger charge is 2.27. The lowest BCUT2D eigenvalue weighted by Crippen LogP contribution is -2.33. The number of hydrogen-bond acceptors (Lipinski definition) is 6. The van der Waals surface area contributed by atoms with Crippen molar-refractivity contribution in [2.24, 2.45) is 0 Å². The molecular formula is C26H25N3O3. The lowest BCUT2D eigenvalue weighted by atomic mass is 9.85. The summed E-state index contributed by atoms with van der Waals surface area (Å²) in [6.45, 7) is 2.35. The predicted molar refractivity (Wildman–Crippen MR) is 122 cm³/mol. The molecule has 5 rings (SSSR count). The van der Waals surface area contributed by atoms with Crippen molar-refractivity contribution in [3.63, 3.8) is 0 Å². The molecule has 1 aliphatic rings. The van der Waals surface area contributed by atoms with Gasteiger partial charge in [-0.3, -0.25) is 4.90 Å². The van der Waals surface area contributed by atoms with Gasteiger partial charge in [0.25, 0.3) is 0 Å². The Hall–Kier alpha value is -3.64. The molecule has 0 unspecified atom stereocenters. The van der Waals surface area contributed by atoms with Gasteiger partial charge >= 0.3 is 0 Å². The topological polar surface area (TPSA) is 60.6 Å². The molecule has 2 heterocycles. The Morgan fingerprint density at radius 2 is 1.72 bits per heavy atom. The molecule has 3 aromatic carbocycles. The first-order valence-corrected chi connectivity index (χ1v) is 10.6. The summed E-state index contributed by atoms with van der Waals surface area (Å²) in [6, 6.07) is 24.9. The van der Waals surface area contributed by atoms with Crippen molar-refractivity contribution >= 4 is 0 Å². The van der Waals surface area contributed by atoms with E-state index < -0.39 is 0 Å². The minimum absolute atomic E-state index is 0.314. The van der Waals surface area contributed by atoms with Gasteiger partial charge in [-0.2, -0.15) is 4.98 Å². The lowest BCUT2D eigenvalue weighted by molar-refractivity contribution is 0.200. The third kappa shape index (κ3) is 3.97. The fourth-order valence-electron chi connectivity index (χ4n) is 4.37. The van der Waals surface area contributed by atoms with Crippen LogP contribution in [0.2, 0.25) is 0 Å².